The molecule has 2 atom stereocenters. The first-order valence-electron chi connectivity index (χ1n) is 30.4. The number of nitrogens with two attached hydrogens (primary N) is 2. The van der Waals surface area contributed by atoms with Crippen LogP contribution in [0, 0.1) is 11.8 Å². The molecule has 0 bridgehead atoms. The van der Waals surface area contributed by atoms with Crippen molar-refractivity contribution in [1.29, 1.82) is 0 Å². The normalized spacial score (nSPS) is 14.6. The minimum absolute atomic E-state index is 0.0165. The molecule has 28 heteroatoms. The molecule has 0 aliphatic carbocycles. The van der Waals surface area contributed by atoms with E-state index in [1.807, 2.05) is 34.1 Å². The van der Waals surface area contributed by atoms with E-state index in [1.54, 1.807) is 72.8 Å². The molecule has 2 fully saturated rings. The van der Waals surface area contributed by atoms with Crippen molar-refractivity contribution in [3.63, 3.8) is 0 Å². The summed E-state index contributed by atoms with van der Waals surface area (Å²) in [6.45, 7) is 17.9. The Bertz CT molecular complexity index is 3670. The fourth-order valence-electron chi connectivity index (χ4n) is 11.1. The maximum Gasteiger partial charge on any atom is 0.247 e. The molecule has 2 aromatic carbocycles. The molecular weight excluding hydrogens is 1160 g/mol. The number of hydrogen-bond acceptors (Lipinski definition) is 22. The van der Waals surface area contributed by atoms with Crippen LogP contribution in [0.1, 0.15) is 52.6 Å². The number of methoxy groups -OCH3 is 2. The van der Waals surface area contributed by atoms with Gasteiger partial charge < -0.3 is 68.3 Å². The highest BCUT2D eigenvalue weighted by atomic mass is 16.5. The van der Waals surface area contributed by atoms with Crippen LogP contribution in [0.4, 0.5) is 23.3 Å². The van der Waals surface area contributed by atoms with Gasteiger partial charge in [0.1, 0.15) is 36.8 Å². The van der Waals surface area contributed by atoms with Crippen molar-refractivity contribution < 1.29 is 46.8 Å². The van der Waals surface area contributed by atoms with Crippen molar-refractivity contribution in [1.82, 2.24) is 68.5 Å². The zero-order valence-corrected chi connectivity index (χ0v) is 51.7. The van der Waals surface area contributed by atoms with Crippen LogP contribution >= 0.6 is 0 Å². The average molecular weight is 1240 g/mol. The van der Waals surface area contributed by atoms with Crippen molar-refractivity contribution in [2.45, 2.75) is 52.6 Å². The van der Waals surface area contributed by atoms with Crippen molar-refractivity contribution in [2.75, 3.05) is 141 Å². The molecule has 10 aromatic rings. The number of furan rings is 2. The summed E-state index contributed by atoms with van der Waals surface area (Å²) in [6.07, 6.45) is 7.69. The molecule has 2 aliphatic rings. The lowest BCUT2D eigenvalue weighted by Gasteiger charge is -2.38. The number of fused-ring (bicyclic) bond motifs is 6. The van der Waals surface area contributed by atoms with Crippen LogP contribution in [0.3, 0.4) is 0 Å². The Hall–Kier alpha value is -9.38. The van der Waals surface area contributed by atoms with Crippen molar-refractivity contribution >= 4 is 68.4 Å². The van der Waals surface area contributed by atoms with Crippen LogP contribution in [-0.4, -0.2) is 200 Å². The molecule has 90 heavy (non-hydrogen) atoms. The highest BCUT2D eigenvalue weighted by molar-refractivity contribution is 5.93. The number of carbonyl (C=O) groups excluding carboxylic acids is 2. The smallest absolute Gasteiger partial charge is 0.247 e. The topological polar surface area (TPSA) is 303 Å². The number of anilines is 4. The maximum absolute atomic E-state index is 14.1. The van der Waals surface area contributed by atoms with Gasteiger partial charge in [0.2, 0.25) is 35.4 Å². The zero-order chi connectivity index (χ0) is 62.7. The first kappa shape index (κ1) is 62.2. The summed E-state index contributed by atoms with van der Waals surface area (Å²) in [7, 11) is 3.30. The number of hydrogen-bond donors (Lipinski definition) is 2. The third kappa shape index (κ3) is 14.2. The molecule has 0 saturated carbocycles. The lowest BCUT2D eigenvalue weighted by Crippen LogP contribution is -2.51. The van der Waals surface area contributed by atoms with Gasteiger partial charge in [0.15, 0.2) is 34.1 Å². The van der Waals surface area contributed by atoms with Crippen molar-refractivity contribution in [3.8, 4) is 34.7 Å². The summed E-state index contributed by atoms with van der Waals surface area (Å²) in [5, 5.41) is 19.6. The van der Waals surface area contributed by atoms with Gasteiger partial charge in [0.05, 0.1) is 75.3 Å². The number of carbonyl (C=O) groups is 2. The van der Waals surface area contributed by atoms with Gasteiger partial charge in [-0.15, -0.1) is 10.2 Å². The van der Waals surface area contributed by atoms with Gasteiger partial charge in [-0.1, -0.05) is 27.7 Å². The van der Waals surface area contributed by atoms with Crippen molar-refractivity contribution in [2.24, 2.45) is 11.8 Å². The summed E-state index contributed by atoms with van der Waals surface area (Å²) < 4.78 is 49.7. The Labute approximate surface area is 519 Å². The second kappa shape index (κ2) is 28.8. The second-order valence-electron chi connectivity index (χ2n) is 22.7. The van der Waals surface area contributed by atoms with Crippen LogP contribution in [0.25, 0.3) is 56.5 Å². The van der Waals surface area contributed by atoms with E-state index in [9.17, 15) is 9.59 Å². The molecule has 28 nitrogen and oxygen atoms in total. The Morgan fingerprint density at radius 1 is 0.500 bits per heavy atom. The van der Waals surface area contributed by atoms with E-state index >= 15 is 0 Å². The van der Waals surface area contributed by atoms with Gasteiger partial charge in [-0.25, -0.2) is 19.3 Å². The van der Waals surface area contributed by atoms with E-state index in [0.717, 1.165) is 22.9 Å². The summed E-state index contributed by atoms with van der Waals surface area (Å²) >= 11 is 0. The Morgan fingerprint density at radius 2 is 0.889 bits per heavy atom. The van der Waals surface area contributed by atoms with E-state index in [-0.39, 0.29) is 35.5 Å². The number of nitrogen functional groups attached to an aromatic ring is 2. The van der Waals surface area contributed by atoms with Gasteiger partial charge in [-0.2, -0.15) is 29.2 Å². The number of aromatic nitrogens is 12. The van der Waals surface area contributed by atoms with Crippen LogP contribution < -0.4 is 30.7 Å². The summed E-state index contributed by atoms with van der Waals surface area (Å²) in [5.41, 5.74) is 16.8. The first-order valence-corrected chi connectivity index (χ1v) is 30.4. The predicted molar refractivity (Wildman–Crippen MR) is 336 cm³/mol. The molecule has 8 aromatic heterocycles. The maximum atomic E-state index is 14.1. The van der Waals surface area contributed by atoms with Crippen LogP contribution in [0.15, 0.2) is 107 Å². The number of ether oxygens (including phenoxy) is 6. The Balaban J connectivity index is 0.000000185. The van der Waals surface area contributed by atoms with Crippen molar-refractivity contribution in [3.05, 3.63) is 97.7 Å². The van der Waals surface area contributed by atoms with Gasteiger partial charge in [0, 0.05) is 78.0 Å². The molecule has 2 amide bonds. The van der Waals surface area contributed by atoms with Crippen LogP contribution in [0.5, 0.6) is 11.5 Å². The molecule has 2 aliphatic heterocycles. The third-order valence-corrected chi connectivity index (χ3v) is 15.6. The number of nitrogens with zero attached hydrogens (tertiary/aromatic N) is 16. The average Bonchev–Trinajstić information content (AvgIpc) is 1.61. The molecule has 4 N–H and O–H groups in total. The molecule has 0 radical (unpaired) electrons. The highest BCUT2D eigenvalue weighted by Gasteiger charge is 2.34. The summed E-state index contributed by atoms with van der Waals surface area (Å²) in [4.78, 5) is 55.1. The van der Waals surface area contributed by atoms with Crippen LogP contribution in [-0.2, 0) is 28.5 Å². The summed E-state index contributed by atoms with van der Waals surface area (Å²) in [6, 6.07) is 22.1. The quantitative estimate of drug-likeness (QED) is 0.0540. The highest BCUT2D eigenvalue weighted by Crippen LogP contribution is 2.32. The predicted octanol–water partition coefficient (Wildman–Crippen LogP) is 6.59. The number of benzene rings is 2. The van der Waals surface area contributed by atoms with E-state index < -0.39 is 12.1 Å². The Kier molecular flexibility index (Phi) is 19.9. The number of rotatable bonds is 26. The SMILES string of the molecule is COCCOCCOc1ccc(N2CCN(C(=O)[C@@H](CC(C)C)n3ncc4c3nc(N)n3nc(-c5ccco5)nc43)CC2)cc1.COCCOCCOc1ccc(N2CCN(C(=O)[C@H](CC(C)C)n3ncc4c3nc(N)n3nc(-c5ccco5)nc43)CC2)cc1. The molecule has 10 heterocycles. The second-order valence-corrected chi connectivity index (χ2v) is 22.7. The molecule has 0 unspecified atom stereocenters. The number of piperazine rings is 2. The van der Waals surface area contributed by atoms with Gasteiger partial charge in [0.25, 0.3) is 0 Å². The fourth-order valence-corrected chi connectivity index (χ4v) is 11.1. The first-order chi connectivity index (χ1) is 43.8. The van der Waals surface area contributed by atoms with Gasteiger partial charge in [-0.05, 0) is 97.5 Å². The molecular formula is C62H78N18O10. The van der Waals surface area contributed by atoms with Gasteiger partial charge >= 0.3 is 0 Å². The lowest BCUT2D eigenvalue weighted by molar-refractivity contribution is -0.136. The molecule has 476 valence electrons. The minimum Gasteiger partial charge on any atom is -0.491 e. The van der Waals surface area contributed by atoms with E-state index in [0.29, 0.717) is 175 Å². The van der Waals surface area contributed by atoms with E-state index in [1.165, 1.54) is 9.03 Å². The largest absolute Gasteiger partial charge is 0.491 e. The monoisotopic (exact) mass is 1230 g/mol. The van der Waals surface area contributed by atoms with Crippen LogP contribution in [0.2, 0.25) is 0 Å². The fraction of sp³-hybridized carbons (Fsp3) is 0.452. The summed E-state index contributed by atoms with van der Waals surface area (Å²) in [5.74, 6) is 4.25. The standard InChI is InChI=1S/2C31H39N9O5/c2*1-21(2)19-25(39-29-24(20-33-39)28-34-27(26-5-4-14-45-26)36-40(28)31(32)35-29)30(41)38-12-10-37(11-13-38)22-6-8-23(9-7-22)44-18-17-43-16-15-42-3/h2*4-9,14,20-21,25H,10-13,15-19H2,1-3H3,(H2,32,35)/t2*25-/m10/s1. The minimum atomic E-state index is -0.536. The molecule has 12 rings (SSSR count). The third-order valence-electron chi connectivity index (χ3n) is 15.6. The molecule has 0 spiro atoms. The van der Waals surface area contributed by atoms with Gasteiger partial charge in [-0.3, -0.25) is 9.59 Å². The lowest BCUT2D eigenvalue weighted by atomic mass is 10.0. The number of amides is 2. The zero-order valence-electron chi connectivity index (χ0n) is 51.7. The van der Waals surface area contributed by atoms with E-state index in [2.05, 4.69) is 102 Å². The molecule has 2 saturated heterocycles. The Morgan fingerprint density at radius 3 is 1.24 bits per heavy atom. The van der Waals surface area contributed by atoms with E-state index in [4.69, 9.17) is 48.7 Å².